The summed E-state index contributed by atoms with van der Waals surface area (Å²) in [4.78, 5) is 4.25. The van der Waals surface area contributed by atoms with E-state index in [1.54, 1.807) is 24.3 Å². The fourth-order valence-electron chi connectivity index (χ4n) is 1.66. The zero-order chi connectivity index (χ0) is 14.3. The van der Waals surface area contributed by atoms with Gasteiger partial charge in [0.25, 0.3) is 0 Å². The summed E-state index contributed by atoms with van der Waals surface area (Å²) in [6.45, 7) is 7.50. The van der Waals surface area contributed by atoms with E-state index < -0.39 is 0 Å². The van der Waals surface area contributed by atoms with Crippen LogP contribution in [0, 0.1) is 0 Å². The van der Waals surface area contributed by atoms with E-state index in [4.69, 9.17) is 5.73 Å². The molecule has 0 aromatic carbocycles. The predicted octanol–water partition coefficient (Wildman–Crippen LogP) is 4.03. The highest BCUT2D eigenvalue weighted by Crippen LogP contribution is 2.19. The first kappa shape index (κ1) is 14.8. The Labute approximate surface area is 114 Å². The number of nitrogens with zero attached hydrogens (tertiary/aromatic N) is 1. The SMILES string of the molecule is C=CCC(/C=C(\C)c1cccc(N)n1)=C(O)/C=C/C. The van der Waals surface area contributed by atoms with Gasteiger partial charge in [0, 0.05) is 0 Å². The second-order valence-corrected chi connectivity index (χ2v) is 4.18. The standard InChI is InChI=1S/C16H20N2O/c1-4-7-13(15(19)8-5-2)11-12(3)14-9-6-10-16(17)18-14/h4-6,8-11,19H,1,7H2,2-3H3,(H2,17,18)/b8-5+,12-11+,15-13+. The molecular formula is C16H20N2O. The lowest BCUT2D eigenvalue weighted by atomic mass is 10.0. The average Bonchev–Trinajstić information content (AvgIpc) is 2.38. The van der Waals surface area contributed by atoms with Crippen molar-refractivity contribution in [1.29, 1.82) is 0 Å². The Balaban J connectivity index is 3.16. The van der Waals surface area contributed by atoms with Crippen LogP contribution in [-0.2, 0) is 0 Å². The maximum atomic E-state index is 9.95. The molecule has 1 aromatic heterocycles. The second-order valence-electron chi connectivity index (χ2n) is 4.18. The van der Waals surface area contributed by atoms with E-state index in [-0.39, 0.29) is 5.76 Å². The molecule has 0 unspecified atom stereocenters. The van der Waals surface area contributed by atoms with Crippen molar-refractivity contribution >= 4 is 11.4 Å². The van der Waals surface area contributed by atoms with Crippen LogP contribution in [0.4, 0.5) is 5.82 Å². The van der Waals surface area contributed by atoms with Crippen LogP contribution in [0.25, 0.3) is 5.57 Å². The molecule has 100 valence electrons. The van der Waals surface area contributed by atoms with Crippen LogP contribution in [-0.4, -0.2) is 10.1 Å². The lowest BCUT2D eigenvalue weighted by Gasteiger charge is -2.05. The highest BCUT2D eigenvalue weighted by Gasteiger charge is 2.02. The largest absolute Gasteiger partial charge is 0.508 e. The number of aliphatic hydroxyl groups excluding tert-OH is 1. The number of hydrogen-bond acceptors (Lipinski definition) is 3. The molecule has 1 aromatic rings. The molecule has 0 saturated heterocycles. The van der Waals surface area contributed by atoms with Crippen molar-refractivity contribution in [3.05, 3.63) is 66.1 Å². The molecule has 0 atom stereocenters. The summed E-state index contributed by atoms with van der Waals surface area (Å²) < 4.78 is 0. The van der Waals surface area contributed by atoms with Gasteiger partial charge in [-0.05, 0) is 55.7 Å². The van der Waals surface area contributed by atoms with Gasteiger partial charge in [-0.15, -0.1) is 6.58 Å². The van der Waals surface area contributed by atoms with Crippen molar-refractivity contribution in [2.75, 3.05) is 5.73 Å². The molecule has 3 nitrogen and oxygen atoms in total. The zero-order valence-electron chi connectivity index (χ0n) is 11.4. The molecule has 0 spiro atoms. The number of aliphatic hydroxyl groups is 1. The van der Waals surface area contributed by atoms with Gasteiger partial charge in [0.05, 0.1) is 5.69 Å². The molecule has 1 rings (SSSR count). The summed E-state index contributed by atoms with van der Waals surface area (Å²) in [5.41, 5.74) is 8.21. The Morgan fingerprint density at radius 3 is 2.79 bits per heavy atom. The number of hydrogen-bond donors (Lipinski definition) is 2. The Kier molecular flexibility index (Phi) is 5.61. The minimum absolute atomic E-state index is 0.241. The number of nitrogen functional groups attached to an aromatic ring is 1. The van der Waals surface area contributed by atoms with E-state index in [0.29, 0.717) is 12.2 Å². The minimum atomic E-state index is 0.241. The molecule has 0 aliphatic rings. The van der Waals surface area contributed by atoms with Gasteiger partial charge in [0.1, 0.15) is 11.6 Å². The van der Waals surface area contributed by atoms with Gasteiger partial charge < -0.3 is 10.8 Å². The van der Waals surface area contributed by atoms with Crippen LogP contribution in [0.3, 0.4) is 0 Å². The van der Waals surface area contributed by atoms with Crippen LogP contribution in [0.1, 0.15) is 26.0 Å². The summed E-state index contributed by atoms with van der Waals surface area (Å²) in [7, 11) is 0. The van der Waals surface area contributed by atoms with Gasteiger partial charge in [-0.25, -0.2) is 4.98 Å². The Bertz CT molecular complexity index is 539. The monoisotopic (exact) mass is 256 g/mol. The molecule has 0 fully saturated rings. The Morgan fingerprint density at radius 2 is 2.21 bits per heavy atom. The average molecular weight is 256 g/mol. The van der Waals surface area contributed by atoms with Crippen LogP contribution in [0.2, 0.25) is 0 Å². The molecule has 3 N–H and O–H groups in total. The number of anilines is 1. The van der Waals surface area contributed by atoms with Crippen LogP contribution < -0.4 is 5.73 Å². The molecule has 0 amide bonds. The molecule has 0 radical (unpaired) electrons. The summed E-state index contributed by atoms with van der Waals surface area (Å²) >= 11 is 0. The number of nitrogens with two attached hydrogens (primary N) is 1. The van der Waals surface area contributed by atoms with Crippen molar-refractivity contribution in [1.82, 2.24) is 4.98 Å². The van der Waals surface area contributed by atoms with E-state index in [1.807, 2.05) is 32.1 Å². The number of rotatable bonds is 5. The quantitative estimate of drug-likeness (QED) is 0.475. The van der Waals surface area contributed by atoms with Crippen LogP contribution in [0.5, 0.6) is 0 Å². The lowest BCUT2D eigenvalue weighted by molar-refractivity contribution is 0.426. The van der Waals surface area contributed by atoms with E-state index in [1.165, 1.54) is 0 Å². The van der Waals surface area contributed by atoms with Gasteiger partial charge in [-0.2, -0.15) is 0 Å². The third-order valence-corrected chi connectivity index (χ3v) is 2.58. The van der Waals surface area contributed by atoms with Crippen molar-refractivity contribution in [2.45, 2.75) is 20.3 Å². The van der Waals surface area contributed by atoms with E-state index in [0.717, 1.165) is 16.8 Å². The molecule has 0 saturated carbocycles. The normalized spacial score (nSPS) is 13.5. The van der Waals surface area contributed by atoms with Gasteiger partial charge in [-0.3, -0.25) is 0 Å². The molecule has 0 aliphatic heterocycles. The van der Waals surface area contributed by atoms with Gasteiger partial charge in [0.2, 0.25) is 0 Å². The van der Waals surface area contributed by atoms with Crippen molar-refractivity contribution in [3.63, 3.8) is 0 Å². The molecule has 3 heteroatoms. The fraction of sp³-hybridized carbons (Fsp3) is 0.188. The van der Waals surface area contributed by atoms with Crippen LogP contribution in [0.15, 0.2) is 60.4 Å². The topological polar surface area (TPSA) is 59.1 Å². The summed E-state index contributed by atoms with van der Waals surface area (Å²) in [6, 6.07) is 5.49. The highest BCUT2D eigenvalue weighted by molar-refractivity contribution is 5.65. The molecule has 0 aliphatic carbocycles. The number of allylic oxidation sites excluding steroid dienone is 6. The first-order valence-corrected chi connectivity index (χ1v) is 6.15. The van der Waals surface area contributed by atoms with E-state index >= 15 is 0 Å². The maximum Gasteiger partial charge on any atom is 0.124 e. The molecule has 1 heterocycles. The lowest BCUT2D eigenvalue weighted by Crippen LogP contribution is -1.94. The molecular weight excluding hydrogens is 236 g/mol. The zero-order valence-corrected chi connectivity index (χ0v) is 11.4. The summed E-state index contributed by atoms with van der Waals surface area (Å²) in [6.07, 6.45) is 7.70. The summed E-state index contributed by atoms with van der Waals surface area (Å²) in [5.74, 6) is 0.725. The number of aromatic nitrogens is 1. The number of pyridine rings is 1. The maximum absolute atomic E-state index is 9.95. The van der Waals surface area contributed by atoms with Gasteiger partial charge in [-0.1, -0.05) is 18.2 Å². The smallest absolute Gasteiger partial charge is 0.124 e. The van der Waals surface area contributed by atoms with E-state index in [9.17, 15) is 5.11 Å². The Morgan fingerprint density at radius 1 is 1.47 bits per heavy atom. The third kappa shape index (κ3) is 4.47. The third-order valence-electron chi connectivity index (χ3n) is 2.58. The van der Waals surface area contributed by atoms with Gasteiger partial charge >= 0.3 is 0 Å². The van der Waals surface area contributed by atoms with Gasteiger partial charge in [0.15, 0.2) is 0 Å². The predicted molar refractivity (Wildman–Crippen MR) is 81.6 cm³/mol. The van der Waals surface area contributed by atoms with E-state index in [2.05, 4.69) is 11.6 Å². The van der Waals surface area contributed by atoms with Crippen molar-refractivity contribution < 1.29 is 5.11 Å². The van der Waals surface area contributed by atoms with Crippen molar-refractivity contribution in [2.24, 2.45) is 0 Å². The Hall–Kier alpha value is -2.29. The molecule has 0 bridgehead atoms. The summed E-state index contributed by atoms with van der Waals surface area (Å²) in [5, 5.41) is 9.95. The first-order chi connectivity index (χ1) is 9.08. The second kappa shape index (κ2) is 7.21. The van der Waals surface area contributed by atoms with Crippen LogP contribution >= 0.6 is 0 Å². The fourth-order valence-corrected chi connectivity index (χ4v) is 1.66. The minimum Gasteiger partial charge on any atom is -0.508 e. The highest BCUT2D eigenvalue weighted by atomic mass is 16.3. The van der Waals surface area contributed by atoms with Crippen molar-refractivity contribution in [3.8, 4) is 0 Å². The molecule has 19 heavy (non-hydrogen) atoms. The first-order valence-electron chi connectivity index (χ1n) is 6.15.